The highest BCUT2D eigenvalue weighted by molar-refractivity contribution is 7.92. The fourth-order valence-electron chi connectivity index (χ4n) is 1.78. The van der Waals surface area contributed by atoms with Crippen LogP contribution in [-0.2, 0) is 19.6 Å². The summed E-state index contributed by atoms with van der Waals surface area (Å²) in [4.78, 5) is 11.0. The van der Waals surface area contributed by atoms with Crippen molar-refractivity contribution < 1.29 is 17.9 Å². The van der Waals surface area contributed by atoms with Gasteiger partial charge in [-0.15, -0.1) is 11.3 Å². The molecule has 1 N–H and O–H groups in total. The van der Waals surface area contributed by atoms with Gasteiger partial charge in [-0.3, -0.25) is 9.52 Å². The zero-order valence-electron chi connectivity index (χ0n) is 11.2. The molecule has 1 heterocycles. The summed E-state index contributed by atoms with van der Waals surface area (Å²) in [6.07, 6.45) is -0.157. The molecule has 0 spiro atoms. The zero-order valence-corrected chi connectivity index (χ0v) is 12.8. The molecule has 1 aromatic heterocycles. The van der Waals surface area contributed by atoms with Crippen LogP contribution in [0.3, 0.4) is 0 Å². The average molecular weight is 313 g/mol. The molecule has 2 aromatic rings. The summed E-state index contributed by atoms with van der Waals surface area (Å²) in [5, 5.41) is 1.62. The van der Waals surface area contributed by atoms with Gasteiger partial charge in [0.2, 0.25) is 10.0 Å². The largest absolute Gasteiger partial charge is 0.469 e. The first-order valence-corrected chi connectivity index (χ1v) is 8.45. The number of sulfonamides is 1. The highest BCUT2D eigenvalue weighted by atomic mass is 32.2. The molecule has 0 saturated carbocycles. The maximum absolute atomic E-state index is 11.9. The van der Waals surface area contributed by atoms with Gasteiger partial charge in [0.05, 0.1) is 19.3 Å². The lowest BCUT2D eigenvalue weighted by atomic mass is 10.2. The Kier molecular flexibility index (Phi) is 4.29. The van der Waals surface area contributed by atoms with Gasteiger partial charge in [-0.25, -0.2) is 8.42 Å². The number of methoxy groups -OCH3 is 1. The van der Waals surface area contributed by atoms with E-state index in [2.05, 4.69) is 9.46 Å². The number of hydrogen-bond donors (Lipinski definition) is 1. The van der Waals surface area contributed by atoms with E-state index in [4.69, 9.17) is 0 Å². The summed E-state index contributed by atoms with van der Waals surface area (Å²) >= 11 is 1.38. The van der Waals surface area contributed by atoms with Crippen molar-refractivity contribution in [2.24, 2.45) is 0 Å². The molecule has 0 fully saturated rings. The normalized spacial score (nSPS) is 11.5. The third-order valence-corrected chi connectivity index (χ3v) is 5.47. The number of hydrogen-bond acceptors (Lipinski definition) is 5. The topological polar surface area (TPSA) is 72.5 Å². The van der Waals surface area contributed by atoms with Gasteiger partial charge >= 0.3 is 5.97 Å². The van der Waals surface area contributed by atoms with Crippen LogP contribution in [0.15, 0.2) is 24.3 Å². The van der Waals surface area contributed by atoms with Crippen LogP contribution < -0.4 is 4.72 Å². The molecular weight excluding hydrogens is 298 g/mol. The maximum Gasteiger partial charge on any atom is 0.306 e. The van der Waals surface area contributed by atoms with E-state index < -0.39 is 16.0 Å². The molecule has 0 unspecified atom stereocenters. The summed E-state index contributed by atoms with van der Waals surface area (Å²) in [6.45, 7) is 1.87. The highest BCUT2D eigenvalue weighted by Gasteiger charge is 2.17. The number of carbonyl (C=O) groups is 1. The summed E-state index contributed by atoms with van der Waals surface area (Å²) in [6, 6.07) is 7.72. The minimum atomic E-state index is -3.55. The van der Waals surface area contributed by atoms with Crippen LogP contribution in [0.4, 0.5) is 5.00 Å². The number of rotatable bonds is 5. The highest BCUT2D eigenvalue weighted by Crippen LogP contribution is 2.35. The molecule has 0 radical (unpaired) electrons. The molecule has 5 nitrogen and oxygen atoms in total. The van der Waals surface area contributed by atoms with Crippen LogP contribution in [0, 0.1) is 6.92 Å². The number of nitrogens with one attached hydrogen (secondary N) is 1. The lowest BCUT2D eigenvalue weighted by molar-refractivity contribution is -0.140. The molecule has 0 amide bonds. The first kappa shape index (κ1) is 14.8. The van der Waals surface area contributed by atoms with Gasteiger partial charge in [0.25, 0.3) is 0 Å². The lowest BCUT2D eigenvalue weighted by Crippen LogP contribution is -2.19. The molecule has 0 saturated heterocycles. The van der Waals surface area contributed by atoms with E-state index in [-0.39, 0.29) is 12.2 Å². The predicted molar refractivity (Wildman–Crippen MR) is 80.6 cm³/mol. The Morgan fingerprint density at radius 2 is 2.05 bits per heavy atom. The number of thiophene rings is 1. The molecule has 2 rings (SSSR count). The monoisotopic (exact) mass is 313 g/mol. The SMILES string of the molecule is COC(=O)CCS(=O)(=O)Nc1sc2ccccc2c1C. The van der Waals surface area contributed by atoms with Crippen LogP contribution in [0.25, 0.3) is 10.1 Å². The van der Waals surface area contributed by atoms with Crippen LogP contribution >= 0.6 is 11.3 Å². The second-order valence-electron chi connectivity index (χ2n) is 4.30. The Hall–Kier alpha value is -1.60. The number of esters is 1. The Bertz CT molecular complexity index is 734. The fraction of sp³-hybridized carbons (Fsp3) is 0.308. The van der Waals surface area contributed by atoms with Crippen molar-refractivity contribution in [3.63, 3.8) is 0 Å². The van der Waals surface area contributed by atoms with E-state index in [1.54, 1.807) is 0 Å². The van der Waals surface area contributed by atoms with Crippen LogP contribution in [0.5, 0.6) is 0 Å². The van der Waals surface area contributed by atoms with Gasteiger partial charge in [-0.2, -0.15) is 0 Å². The summed E-state index contributed by atoms with van der Waals surface area (Å²) in [5.74, 6) is -0.823. The third-order valence-electron chi connectivity index (χ3n) is 2.89. The fourth-order valence-corrected chi connectivity index (χ4v) is 4.26. The Balaban J connectivity index is 2.19. The molecule has 0 bridgehead atoms. The molecular formula is C13H15NO4S2. The zero-order chi connectivity index (χ0) is 14.8. The molecule has 0 atom stereocenters. The number of benzene rings is 1. The van der Waals surface area contributed by atoms with Crippen LogP contribution in [0.1, 0.15) is 12.0 Å². The molecule has 108 valence electrons. The minimum Gasteiger partial charge on any atom is -0.469 e. The van der Waals surface area contributed by atoms with E-state index in [0.717, 1.165) is 15.6 Å². The molecule has 0 aliphatic carbocycles. The summed E-state index contributed by atoms with van der Waals surface area (Å²) in [5.41, 5.74) is 0.896. The Morgan fingerprint density at radius 3 is 2.70 bits per heavy atom. The molecule has 0 aliphatic heterocycles. The van der Waals surface area contributed by atoms with Gasteiger partial charge in [0, 0.05) is 4.70 Å². The van der Waals surface area contributed by atoms with Crippen molar-refractivity contribution in [1.29, 1.82) is 0 Å². The second-order valence-corrected chi connectivity index (χ2v) is 7.19. The van der Waals surface area contributed by atoms with E-state index in [9.17, 15) is 13.2 Å². The van der Waals surface area contributed by atoms with Crippen LogP contribution in [0.2, 0.25) is 0 Å². The molecule has 7 heteroatoms. The smallest absolute Gasteiger partial charge is 0.306 e. The van der Waals surface area contributed by atoms with Gasteiger partial charge in [-0.1, -0.05) is 18.2 Å². The quantitative estimate of drug-likeness (QED) is 0.861. The Morgan fingerprint density at radius 1 is 1.35 bits per heavy atom. The van der Waals surface area contributed by atoms with Crippen molar-refractivity contribution in [1.82, 2.24) is 0 Å². The Labute approximate surface area is 121 Å². The maximum atomic E-state index is 11.9. The second kappa shape index (κ2) is 5.80. The summed E-state index contributed by atoms with van der Waals surface area (Å²) < 4.78 is 31.9. The van der Waals surface area contributed by atoms with Crippen LogP contribution in [-0.4, -0.2) is 27.2 Å². The van der Waals surface area contributed by atoms with E-state index in [1.807, 2.05) is 31.2 Å². The van der Waals surface area contributed by atoms with Crippen molar-refractivity contribution in [3.05, 3.63) is 29.8 Å². The summed E-state index contributed by atoms with van der Waals surface area (Å²) in [7, 11) is -2.32. The van der Waals surface area contributed by atoms with E-state index in [0.29, 0.717) is 5.00 Å². The van der Waals surface area contributed by atoms with Crippen molar-refractivity contribution in [3.8, 4) is 0 Å². The van der Waals surface area contributed by atoms with Gasteiger partial charge < -0.3 is 4.74 Å². The lowest BCUT2D eigenvalue weighted by Gasteiger charge is -2.06. The molecule has 20 heavy (non-hydrogen) atoms. The van der Waals surface area contributed by atoms with Crippen molar-refractivity contribution in [2.45, 2.75) is 13.3 Å². The van der Waals surface area contributed by atoms with E-state index in [1.165, 1.54) is 18.4 Å². The number of anilines is 1. The predicted octanol–water partition coefficient (Wildman–Crippen LogP) is 2.51. The number of carbonyl (C=O) groups excluding carboxylic acids is 1. The standard InChI is InChI=1S/C13H15NO4S2/c1-9-10-5-3-4-6-11(10)19-13(9)14-20(16,17)8-7-12(15)18-2/h3-6,14H,7-8H2,1-2H3. The molecule has 1 aromatic carbocycles. The minimum absolute atomic E-state index is 0.157. The van der Waals surface area contributed by atoms with Crippen molar-refractivity contribution >= 4 is 42.4 Å². The molecule has 0 aliphatic rings. The van der Waals surface area contributed by atoms with Gasteiger partial charge in [0.1, 0.15) is 5.00 Å². The van der Waals surface area contributed by atoms with Crippen molar-refractivity contribution in [2.75, 3.05) is 17.6 Å². The number of ether oxygens (including phenoxy) is 1. The van der Waals surface area contributed by atoms with Gasteiger partial charge in [0.15, 0.2) is 0 Å². The number of fused-ring (bicyclic) bond motifs is 1. The first-order chi connectivity index (χ1) is 9.43. The first-order valence-electron chi connectivity index (χ1n) is 5.98. The number of aryl methyl sites for hydroxylation is 1. The van der Waals surface area contributed by atoms with E-state index >= 15 is 0 Å². The van der Waals surface area contributed by atoms with Gasteiger partial charge in [-0.05, 0) is 23.9 Å². The average Bonchev–Trinajstić information content (AvgIpc) is 2.73. The third kappa shape index (κ3) is 3.29.